The molecule has 0 heterocycles. The summed E-state index contributed by atoms with van der Waals surface area (Å²) in [5, 5.41) is 9.22. The van der Waals surface area contributed by atoms with Gasteiger partial charge in [0.05, 0.1) is 23.5 Å². The molecule has 0 aliphatic rings. The minimum absolute atomic E-state index is 0.0550. The summed E-state index contributed by atoms with van der Waals surface area (Å²) in [5.74, 6) is 0.602. The normalized spacial score (nSPS) is 13.2. The van der Waals surface area contributed by atoms with Gasteiger partial charge in [0.1, 0.15) is 0 Å². The van der Waals surface area contributed by atoms with Crippen molar-refractivity contribution in [2.24, 2.45) is 0 Å². The van der Waals surface area contributed by atoms with Crippen LogP contribution in [0.3, 0.4) is 0 Å². The lowest BCUT2D eigenvalue weighted by molar-refractivity contribution is 0.270. The molecule has 0 fully saturated rings. The zero-order valence-corrected chi connectivity index (χ0v) is 7.00. The van der Waals surface area contributed by atoms with E-state index < -0.39 is 6.56 Å². The van der Waals surface area contributed by atoms with Gasteiger partial charge in [-0.15, -0.1) is 0 Å². The maximum Gasteiger partial charge on any atom is 0.166 e. The molecular weight excluding hydrogens is 156 g/mol. The van der Waals surface area contributed by atoms with Gasteiger partial charge in [-0.1, -0.05) is 12.1 Å². The van der Waals surface area contributed by atoms with Crippen molar-refractivity contribution >= 4 is 0 Å². The predicted molar refractivity (Wildman–Crippen MR) is 45.5 cm³/mol. The van der Waals surface area contributed by atoms with E-state index in [4.69, 9.17) is 12.2 Å². The Bertz CT molecular complexity index is 320. The molecule has 1 aromatic carbocycles. The van der Waals surface area contributed by atoms with Gasteiger partial charge in [0.2, 0.25) is 0 Å². The quantitative estimate of drug-likeness (QED) is 0.740. The highest BCUT2D eigenvalue weighted by atomic mass is 16.5. The average Bonchev–Trinajstić information content (AvgIpc) is 2.15. The van der Waals surface area contributed by atoms with Crippen molar-refractivity contribution in [2.75, 3.05) is 14.2 Å². The Labute approximate surface area is 74.4 Å². The van der Waals surface area contributed by atoms with Crippen LogP contribution in [0, 0.1) is 0 Å². The Morgan fingerprint density at radius 1 is 1.42 bits per heavy atom. The Kier molecular flexibility index (Phi) is 2.09. The van der Waals surface area contributed by atoms with Crippen molar-refractivity contribution < 1.29 is 17.3 Å². The van der Waals surface area contributed by atoms with Gasteiger partial charge in [0.15, 0.2) is 11.5 Å². The van der Waals surface area contributed by atoms with Crippen LogP contribution in [0.1, 0.15) is 8.30 Å². The average molecular weight is 170 g/mol. The number of rotatable bonds is 3. The minimum atomic E-state index is -2.43. The van der Waals surface area contributed by atoms with Gasteiger partial charge in [-0.25, -0.2) is 0 Å². The van der Waals surface area contributed by atoms with Gasteiger partial charge >= 0.3 is 0 Å². The van der Waals surface area contributed by atoms with Crippen LogP contribution in [-0.4, -0.2) is 19.3 Å². The topological polar surface area (TPSA) is 38.7 Å². The third-order valence-electron chi connectivity index (χ3n) is 1.52. The molecule has 0 bridgehead atoms. The number of aliphatic hydroxyl groups is 1. The summed E-state index contributed by atoms with van der Waals surface area (Å²) in [6.45, 7) is -2.43. The summed E-state index contributed by atoms with van der Waals surface area (Å²) in [7, 11) is 2.85. The van der Waals surface area contributed by atoms with E-state index in [-0.39, 0.29) is 11.3 Å². The van der Waals surface area contributed by atoms with Crippen LogP contribution < -0.4 is 9.47 Å². The number of benzene rings is 1. The second-order valence-electron chi connectivity index (χ2n) is 2.15. The van der Waals surface area contributed by atoms with E-state index in [2.05, 4.69) is 0 Å². The molecule has 66 valence electrons. The van der Waals surface area contributed by atoms with Crippen LogP contribution in [0.15, 0.2) is 18.2 Å². The van der Waals surface area contributed by atoms with Crippen molar-refractivity contribution in [3.05, 3.63) is 23.8 Å². The van der Waals surface area contributed by atoms with Crippen molar-refractivity contribution in [3.8, 4) is 11.5 Å². The van der Waals surface area contributed by atoms with Gasteiger partial charge < -0.3 is 14.6 Å². The minimum Gasteiger partial charge on any atom is -0.493 e. The number of para-hydroxylation sites is 1. The van der Waals surface area contributed by atoms with Crippen molar-refractivity contribution in [1.82, 2.24) is 0 Å². The van der Waals surface area contributed by atoms with Gasteiger partial charge in [0, 0.05) is 5.56 Å². The van der Waals surface area contributed by atoms with Crippen LogP contribution in [0.25, 0.3) is 0 Å². The first kappa shape index (κ1) is 6.31. The zero-order valence-electron chi connectivity index (χ0n) is 9.00. The van der Waals surface area contributed by atoms with E-state index in [1.54, 1.807) is 12.1 Å². The Hall–Kier alpha value is -1.22. The summed E-state index contributed by atoms with van der Waals surface area (Å²) in [4.78, 5) is 0. The van der Waals surface area contributed by atoms with E-state index >= 15 is 0 Å². The van der Waals surface area contributed by atoms with E-state index in [0.29, 0.717) is 5.75 Å². The summed E-state index contributed by atoms with van der Waals surface area (Å²) in [6, 6.07) is 4.67. The molecular formula is C9H12O3. The predicted octanol–water partition coefficient (Wildman–Crippen LogP) is 1.20. The molecule has 1 aromatic rings. The standard InChI is InChI=1S/C9H12O3/c1-11-8-5-3-4-7(6-10)9(8)12-2/h3-5,10H,6H2,1-2H3/i6D2. The van der Waals surface area contributed by atoms with Crippen molar-refractivity contribution in [2.45, 2.75) is 6.56 Å². The molecule has 0 aromatic heterocycles. The molecule has 0 unspecified atom stereocenters. The first-order chi connectivity index (χ1) is 6.50. The molecule has 0 saturated heterocycles. The SMILES string of the molecule is [2H]C([2H])(O)c1cccc(OC)c1OC. The molecule has 0 amide bonds. The highest BCUT2D eigenvalue weighted by molar-refractivity contribution is 5.46. The lowest BCUT2D eigenvalue weighted by Crippen LogP contribution is -1.95. The molecule has 0 radical (unpaired) electrons. The Balaban J connectivity index is 3.29. The molecule has 0 saturated carbocycles. The summed E-state index contributed by atoms with van der Waals surface area (Å²) in [5.41, 5.74) is 0.0550. The fraction of sp³-hybridized carbons (Fsp3) is 0.333. The lowest BCUT2D eigenvalue weighted by atomic mass is 10.2. The van der Waals surface area contributed by atoms with Crippen LogP contribution in [-0.2, 0) is 6.56 Å². The maximum absolute atomic E-state index is 9.22. The number of hydrogen-bond donors (Lipinski definition) is 1. The van der Waals surface area contributed by atoms with Gasteiger partial charge in [-0.3, -0.25) is 0 Å². The molecule has 3 heteroatoms. The molecule has 3 nitrogen and oxygen atoms in total. The van der Waals surface area contributed by atoms with E-state index in [1.165, 1.54) is 20.3 Å². The highest BCUT2D eigenvalue weighted by Gasteiger charge is 2.06. The van der Waals surface area contributed by atoms with E-state index in [0.717, 1.165) is 0 Å². The molecule has 12 heavy (non-hydrogen) atoms. The van der Waals surface area contributed by atoms with Gasteiger partial charge in [0.25, 0.3) is 0 Å². The van der Waals surface area contributed by atoms with Crippen LogP contribution in [0.4, 0.5) is 0 Å². The van der Waals surface area contributed by atoms with Crippen molar-refractivity contribution in [3.63, 3.8) is 0 Å². The lowest BCUT2D eigenvalue weighted by Gasteiger charge is -2.10. The molecule has 1 rings (SSSR count). The molecule has 0 atom stereocenters. The smallest absolute Gasteiger partial charge is 0.166 e. The van der Waals surface area contributed by atoms with Crippen molar-refractivity contribution in [1.29, 1.82) is 0 Å². The van der Waals surface area contributed by atoms with Crippen LogP contribution >= 0.6 is 0 Å². The summed E-state index contributed by atoms with van der Waals surface area (Å²) < 4.78 is 24.3. The molecule has 0 aliphatic carbocycles. The first-order valence-electron chi connectivity index (χ1n) is 4.44. The number of methoxy groups -OCH3 is 2. The summed E-state index contributed by atoms with van der Waals surface area (Å²) in [6.07, 6.45) is 0. The monoisotopic (exact) mass is 170 g/mol. The first-order valence-corrected chi connectivity index (χ1v) is 3.44. The fourth-order valence-corrected chi connectivity index (χ4v) is 0.975. The van der Waals surface area contributed by atoms with Gasteiger partial charge in [-0.2, -0.15) is 0 Å². The second-order valence-corrected chi connectivity index (χ2v) is 2.15. The number of ether oxygens (including phenoxy) is 2. The van der Waals surface area contributed by atoms with E-state index in [9.17, 15) is 5.11 Å². The molecule has 0 spiro atoms. The Morgan fingerprint density at radius 2 is 2.17 bits per heavy atom. The van der Waals surface area contributed by atoms with Crippen LogP contribution in [0.2, 0.25) is 0 Å². The van der Waals surface area contributed by atoms with E-state index in [1.807, 2.05) is 0 Å². The summed E-state index contributed by atoms with van der Waals surface area (Å²) >= 11 is 0. The third kappa shape index (κ3) is 1.51. The third-order valence-corrected chi connectivity index (χ3v) is 1.52. The highest BCUT2D eigenvalue weighted by Crippen LogP contribution is 2.30. The maximum atomic E-state index is 9.22. The Morgan fingerprint density at radius 3 is 2.67 bits per heavy atom. The largest absolute Gasteiger partial charge is 0.493 e. The number of hydrogen-bond acceptors (Lipinski definition) is 3. The van der Waals surface area contributed by atoms with Crippen LogP contribution in [0.5, 0.6) is 11.5 Å². The zero-order chi connectivity index (χ0) is 10.8. The fourth-order valence-electron chi connectivity index (χ4n) is 0.975. The second kappa shape index (κ2) is 3.97. The molecule has 0 aliphatic heterocycles. The van der Waals surface area contributed by atoms with Gasteiger partial charge in [-0.05, 0) is 6.07 Å². The molecule has 1 N–H and O–H groups in total.